The summed E-state index contributed by atoms with van der Waals surface area (Å²) in [5.41, 5.74) is 5.28. The van der Waals surface area contributed by atoms with E-state index < -0.39 is 0 Å². The summed E-state index contributed by atoms with van der Waals surface area (Å²) in [6, 6.07) is 19.7. The zero-order valence-corrected chi connectivity index (χ0v) is 21.6. The highest BCUT2D eigenvalue weighted by Crippen LogP contribution is 2.26. The molecule has 0 radical (unpaired) electrons. The van der Waals surface area contributed by atoms with Gasteiger partial charge in [-0.1, -0.05) is 12.1 Å². The monoisotopic (exact) mass is 529 g/mol. The van der Waals surface area contributed by atoms with Crippen LogP contribution in [0.1, 0.15) is 23.3 Å². The summed E-state index contributed by atoms with van der Waals surface area (Å²) in [6.45, 7) is 1.75. The van der Waals surface area contributed by atoms with Crippen LogP contribution in [-0.4, -0.2) is 55.2 Å². The SMILES string of the molecule is O=C(NC1CCCN(c2ccncc2)C1)c1cc2ccc(-c3nccc(Nc4ccc5[nH]ncc5c4)n3)cc2[nH]1. The van der Waals surface area contributed by atoms with Gasteiger partial charge < -0.3 is 20.5 Å². The molecule has 10 nitrogen and oxygen atoms in total. The smallest absolute Gasteiger partial charge is 0.268 e. The molecule has 1 saturated heterocycles. The van der Waals surface area contributed by atoms with Crippen molar-refractivity contribution >= 4 is 44.9 Å². The minimum atomic E-state index is -0.101. The summed E-state index contributed by atoms with van der Waals surface area (Å²) in [7, 11) is 0. The normalized spacial score (nSPS) is 15.4. The maximum absolute atomic E-state index is 13.2. The molecule has 1 aliphatic rings. The van der Waals surface area contributed by atoms with Crippen LogP contribution in [0, 0.1) is 0 Å². The number of nitrogens with zero attached hydrogens (tertiary/aromatic N) is 5. The Hall–Kier alpha value is -5.25. The molecular formula is C30H27N9O. The van der Waals surface area contributed by atoms with Gasteiger partial charge >= 0.3 is 0 Å². The number of rotatable bonds is 6. The fourth-order valence-electron chi connectivity index (χ4n) is 5.27. The Labute approximate surface area is 229 Å². The van der Waals surface area contributed by atoms with E-state index >= 15 is 0 Å². The van der Waals surface area contributed by atoms with Gasteiger partial charge in [0.2, 0.25) is 0 Å². The van der Waals surface area contributed by atoms with Gasteiger partial charge in [0.25, 0.3) is 5.91 Å². The Balaban J connectivity index is 1.06. The van der Waals surface area contributed by atoms with Gasteiger partial charge in [-0.2, -0.15) is 5.10 Å². The maximum atomic E-state index is 13.2. The highest BCUT2D eigenvalue weighted by atomic mass is 16.2. The Morgan fingerprint density at radius 1 is 0.950 bits per heavy atom. The standard InChI is InChI=1S/C30H27N9O/c40-30(35-23-2-1-13-39(18-23)24-7-10-31-11-8-24)27-15-19-3-4-20(16-26(19)36-27)29-32-12-9-28(37-29)34-22-5-6-25-21(14-22)17-33-38-25/h3-12,14-17,23,36H,1-2,13,18H2,(H,33,38)(H,35,40)(H,32,34,37). The van der Waals surface area contributed by atoms with Gasteiger partial charge in [-0.3, -0.25) is 14.9 Å². The van der Waals surface area contributed by atoms with E-state index in [2.05, 4.69) is 40.7 Å². The fraction of sp³-hybridized carbons (Fsp3) is 0.167. The van der Waals surface area contributed by atoms with Crippen molar-refractivity contribution in [1.29, 1.82) is 0 Å². The van der Waals surface area contributed by atoms with Crippen LogP contribution in [0.5, 0.6) is 0 Å². The zero-order valence-electron chi connectivity index (χ0n) is 21.6. The average molecular weight is 530 g/mol. The van der Waals surface area contributed by atoms with E-state index in [1.165, 1.54) is 0 Å². The van der Waals surface area contributed by atoms with Gasteiger partial charge in [0, 0.05) is 70.9 Å². The second-order valence-corrected chi connectivity index (χ2v) is 10.0. The van der Waals surface area contributed by atoms with E-state index in [1.54, 1.807) is 24.8 Å². The molecular weight excluding hydrogens is 502 g/mol. The summed E-state index contributed by atoms with van der Waals surface area (Å²) < 4.78 is 0. The van der Waals surface area contributed by atoms with Crippen molar-refractivity contribution in [1.82, 2.24) is 35.5 Å². The Morgan fingerprint density at radius 2 is 1.88 bits per heavy atom. The Morgan fingerprint density at radius 3 is 2.80 bits per heavy atom. The third-order valence-electron chi connectivity index (χ3n) is 7.28. The summed E-state index contributed by atoms with van der Waals surface area (Å²) >= 11 is 0. The lowest BCUT2D eigenvalue weighted by atomic mass is 10.0. The van der Waals surface area contributed by atoms with E-state index in [1.807, 2.05) is 60.7 Å². The Bertz CT molecular complexity index is 1810. The van der Waals surface area contributed by atoms with Crippen molar-refractivity contribution in [3.05, 3.63) is 91.1 Å². The summed E-state index contributed by atoms with van der Waals surface area (Å²) in [4.78, 5) is 32.1. The number of aromatic nitrogens is 6. The molecule has 4 N–H and O–H groups in total. The number of carbonyl (C=O) groups is 1. The van der Waals surface area contributed by atoms with Crippen molar-refractivity contribution in [2.45, 2.75) is 18.9 Å². The summed E-state index contributed by atoms with van der Waals surface area (Å²) in [5.74, 6) is 1.18. The maximum Gasteiger partial charge on any atom is 0.268 e. The zero-order chi connectivity index (χ0) is 26.9. The summed E-state index contributed by atoms with van der Waals surface area (Å²) in [6.07, 6.45) is 9.10. The number of aromatic amines is 2. The number of hydrogen-bond acceptors (Lipinski definition) is 7. The number of carbonyl (C=O) groups excluding carboxylic acids is 1. The van der Waals surface area contributed by atoms with Crippen LogP contribution < -0.4 is 15.5 Å². The van der Waals surface area contributed by atoms with E-state index in [9.17, 15) is 4.79 Å². The number of piperidine rings is 1. The molecule has 0 spiro atoms. The second-order valence-electron chi connectivity index (χ2n) is 10.0. The number of pyridine rings is 1. The van der Waals surface area contributed by atoms with Crippen LogP contribution in [0.15, 0.2) is 85.5 Å². The molecule has 0 saturated carbocycles. The van der Waals surface area contributed by atoms with Crippen LogP contribution in [-0.2, 0) is 0 Å². The van der Waals surface area contributed by atoms with Crippen molar-refractivity contribution in [2.24, 2.45) is 0 Å². The van der Waals surface area contributed by atoms with Gasteiger partial charge in [-0.05, 0) is 61.4 Å². The number of benzene rings is 2. The average Bonchev–Trinajstić information content (AvgIpc) is 3.64. The number of H-pyrrole nitrogens is 2. The molecule has 7 rings (SSSR count). The molecule has 6 aromatic rings. The predicted molar refractivity (Wildman–Crippen MR) is 156 cm³/mol. The number of anilines is 3. The number of nitrogens with one attached hydrogen (secondary N) is 4. The van der Waals surface area contributed by atoms with Crippen molar-refractivity contribution < 1.29 is 4.79 Å². The van der Waals surface area contributed by atoms with Crippen molar-refractivity contribution in [3.63, 3.8) is 0 Å². The van der Waals surface area contributed by atoms with Crippen LogP contribution >= 0.6 is 0 Å². The number of amides is 1. The van der Waals surface area contributed by atoms with Crippen molar-refractivity contribution in [3.8, 4) is 11.4 Å². The molecule has 0 aliphatic carbocycles. The summed E-state index contributed by atoms with van der Waals surface area (Å²) in [5, 5.41) is 15.6. The van der Waals surface area contributed by atoms with Gasteiger partial charge in [0.15, 0.2) is 5.82 Å². The van der Waals surface area contributed by atoms with E-state index in [0.717, 1.165) is 64.7 Å². The van der Waals surface area contributed by atoms with Crippen LogP contribution in [0.4, 0.5) is 17.2 Å². The minimum Gasteiger partial charge on any atom is -0.369 e. The topological polar surface area (TPSA) is 128 Å². The first-order chi connectivity index (χ1) is 19.7. The molecule has 4 aromatic heterocycles. The van der Waals surface area contributed by atoms with Crippen LogP contribution in [0.25, 0.3) is 33.2 Å². The molecule has 0 bridgehead atoms. The van der Waals surface area contributed by atoms with Gasteiger partial charge in [0.05, 0.1) is 11.7 Å². The lowest BCUT2D eigenvalue weighted by Gasteiger charge is -2.34. The fourth-order valence-corrected chi connectivity index (χ4v) is 5.27. The van der Waals surface area contributed by atoms with Crippen LogP contribution in [0.3, 0.4) is 0 Å². The first-order valence-electron chi connectivity index (χ1n) is 13.3. The lowest BCUT2D eigenvalue weighted by Crippen LogP contribution is -2.47. The van der Waals surface area contributed by atoms with Crippen molar-refractivity contribution in [2.75, 3.05) is 23.3 Å². The van der Waals surface area contributed by atoms with E-state index in [4.69, 9.17) is 4.98 Å². The minimum absolute atomic E-state index is 0.0780. The number of hydrogen-bond donors (Lipinski definition) is 4. The first-order valence-corrected chi connectivity index (χ1v) is 13.3. The third kappa shape index (κ3) is 4.82. The highest BCUT2D eigenvalue weighted by Gasteiger charge is 2.23. The molecule has 1 fully saturated rings. The molecule has 10 heteroatoms. The largest absolute Gasteiger partial charge is 0.369 e. The molecule has 1 aliphatic heterocycles. The molecule has 1 atom stereocenters. The van der Waals surface area contributed by atoms with E-state index in [-0.39, 0.29) is 11.9 Å². The van der Waals surface area contributed by atoms with Gasteiger partial charge in [0.1, 0.15) is 11.5 Å². The molecule has 40 heavy (non-hydrogen) atoms. The molecule has 198 valence electrons. The van der Waals surface area contributed by atoms with Gasteiger partial charge in [-0.15, -0.1) is 0 Å². The molecule has 1 amide bonds. The highest BCUT2D eigenvalue weighted by molar-refractivity contribution is 5.99. The first kappa shape index (κ1) is 23.8. The van der Waals surface area contributed by atoms with Crippen LogP contribution in [0.2, 0.25) is 0 Å². The Kier molecular flexibility index (Phi) is 6.04. The second kappa shape index (κ2) is 10.1. The van der Waals surface area contributed by atoms with Gasteiger partial charge in [-0.25, -0.2) is 9.97 Å². The molecule has 5 heterocycles. The third-order valence-corrected chi connectivity index (χ3v) is 7.28. The van der Waals surface area contributed by atoms with E-state index in [0.29, 0.717) is 17.3 Å². The quantitative estimate of drug-likeness (QED) is 0.238. The lowest BCUT2D eigenvalue weighted by molar-refractivity contribution is 0.0929. The number of fused-ring (bicyclic) bond motifs is 2. The molecule has 1 unspecified atom stereocenters. The molecule has 2 aromatic carbocycles. The predicted octanol–water partition coefficient (Wildman–Crippen LogP) is 5.04.